The number of halogens is 1. The summed E-state index contributed by atoms with van der Waals surface area (Å²) in [6.07, 6.45) is 0. The summed E-state index contributed by atoms with van der Waals surface area (Å²) < 4.78 is 29.0. The Morgan fingerprint density at radius 1 is 0.897 bits per heavy atom. The molecule has 0 bridgehead atoms. The number of nitrogens with zero attached hydrogens (tertiary/aromatic N) is 2. The summed E-state index contributed by atoms with van der Waals surface area (Å²) in [5, 5.41) is 3.20. The van der Waals surface area contributed by atoms with E-state index in [1.807, 2.05) is 52.0 Å². The summed E-state index contributed by atoms with van der Waals surface area (Å²) in [6.45, 7) is 10.5. The fraction of sp³-hybridized carbons (Fsp3) is 0.333. The first kappa shape index (κ1) is 30.2. The molecule has 3 rings (SSSR count). The molecule has 0 spiro atoms. The first-order valence-electron chi connectivity index (χ1n) is 12.8. The lowest BCUT2D eigenvalue weighted by Gasteiger charge is -2.33. The van der Waals surface area contributed by atoms with Gasteiger partial charge in [-0.2, -0.15) is 0 Å². The van der Waals surface area contributed by atoms with E-state index in [0.717, 1.165) is 21.0 Å². The second-order valence-electron chi connectivity index (χ2n) is 10.1. The Morgan fingerprint density at radius 2 is 1.56 bits per heavy atom. The summed E-state index contributed by atoms with van der Waals surface area (Å²) in [4.78, 5) is 28.5. The molecule has 0 radical (unpaired) electrons. The molecule has 0 fully saturated rings. The molecule has 0 unspecified atom stereocenters. The maximum atomic E-state index is 14.0. The van der Waals surface area contributed by atoms with Crippen molar-refractivity contribution in [1.29, 1.82) is 0 Å². The summed E-state index contributed by atoms with van der Waals surface area (Å²) in [7, 11) is -4.16. The van der Waals surface area contributed by atoms with Gasteiger partial charge in [-0.25, -0.2) is 8.42 Å². The highest BCUT2D eigenvalue weighted by atomic mass is 35.5. The van der Waals surface area contributed by atoms with Gasteiger partial charge in [-0.15, -0.1) is 0 Å². The fourth-order valence-corrected chi connectivity index (χ4v) is 5.83. The molecule has 3 aromatic carbocycles. The molecule has 2 amide bonds. The van der Waals surface area contributed by atoms with Crippen LogP contribution in [0.4, 0.5) is 5.69 Å². The predicted molar refractivity (Wildman–Crippen MR) is 156 cm³/mol. The molecule has 1 N–H and O–H groups in total. The molecule has 1 atom stereocenters. The third kappa shape index (κ3) is 7.61. The molecule has 9 heteroatoms. The quantitative estimate of drug-likeness (QED) is 0.354. The van der Waals surface area contributed by atoms with Crippen LogP contribution in [0.15, 0.2) is 71.6 Å². The number of hydrogen-bond donors (Lipinski definition) is 1. The average molecular weight is 570 g/mol. The van der Waals surface area contributed by atoms with Crippen LogP contribution in [0.1, 0.15) is 43.0 Å². The van der Waals surface area contributed by atoms with Gasteiger partial charge in [0.25, 0.3) is 10.0 Å². The van der Waals surface area contributed by atoms with Gasteiger partial charge in [-0.1, -0.05) is 65.2 Å². The highest BCUT2D eigenvalue weighted by Gasteiger charge is 2.33. The van der Waals surface area contributed by atoms with E-state index in [2.05, 4.69) is 5.32 Å². The number of carbonyl (C=O) groups is 2. The minimum Gasteiger partial charge on any atom is -0.352 e. The molecule has 0 aliphatic heterocycles. The third-order valence-electron chi connectivity index (χ3n) is 6.36. The van der Waals surface area contributed by atoms with Gasteiger partial charge in [0, 0.05) is 17.6 Å². The highest BCUT2D eigenvalue weighted by Crippen LogP contribution is 2.30. The molecule has 3 aromatic rings. The maximum Gasteiger partial charge on any atom is 0.264 e. The van der Waals surface area contributed by atoms with E-state index in [1.165, 1.54) is 23.1 Å². The van der Waals surface area contributed by atoms with Crippen LogP contribution < -0.4 is 9.62 Å². The molecule has 0 saturated heterocycles. The Kier molecular flexibility index (Phi) is 9.80. The van der Waals surface area contributed by atoms with Gasteiger partial charge in [0.05, 0.1) is 10.6 Å². The molecule has 208 valence electrons. The summed E-state index contributed by atoms with van der Waals surface area (Å²) in [5.41, 5.74) is 3.69. The second kappa shape index (κ2) is 12.7. The largest absolute Gasteiger partial charge is 0.352 e. The van der Waals surface area contributed by atoms with E-state index in [4.69, 9.17) is 11.6 Å². The molecule has 0 saturated carbocycles. The number of aryl methyl sites for hydroxylation is 3. The zero-order chi connectivity index (χ0) is 28.9. The van der Waals surface area contributed by atoms with Crippen LogP contribution in [-0.4, -0.2) is 43.8 Å². The van der Waals surface area contributed by atoms with Crippen LogP contribution in [-0.2, 0) is 26.2 Å². The Bertz CT molecular complexity index is 1440. The van der Waals surface area contributed by atoms with Gasteiger partial charge in [0.2, 0.25) is 11.8 Å². The smallest absolute Gasteiger partial charge is 0.264 e. The molecule has 39 heavy (non-hydrogen) atoms. The minimum atomic E-state index is -4.16. The number of benzene rings is 3. The SMILES string of the molecule is Cc1ccc(S(=O)(=O)N(CC(=O)N(Cc2cccc(C)c2)[C@@H](C)C(=O)NC(C)C)c2cc(Cl)ccc2C)cc1. The van der Waals surface area contributed by atoms with Crippen molar-refractivity contribution in [3.63, 3.8) is 0 Å². The molecule has 7 nitrogen and oxygen atoms in total. The number of nitrogens with one attached hydrogen (secondary N) is 1. The highest BCUT2D eigenvalue weighted by molar-refractivity contribution is 7.92. The molecular formula is C30H36ClN3O4S. The summed E-state index contributed by atoms with van der Waals surface area (Å²) in [6, 6.07) is 18.1. The van der Waals surface area contributed by atoms with Crippen LogP contribution in [0.3, 0.4) is 0 Å². The van der Waals surface area contributed by atoms with Gasteiger partial charge in [-0.3, -0.25) is 13.9 Å². The van der Waals surface area contributed by atoms with Crippen LogP contribution in [0, 0.1) is 20.8 Å². The number of hydrogen-bond acceptors (Lipinski definition) is 4. The van der Waals surface area contributed by atoms with E-state index in [9.17, 15) is 18.0 Å². The lowest BCUT2D eigenvalue weighted by Crippen LogP contribution is -2.52. The van der Waals surface area contributed by atoms with Crippen molar-refractivity contribution in [3.8, 4) is 0 Å². The van der Waals surface area contributed by atoms with E-state index >= 15 is 0 Å². The summed E-state index contributed by atoms with van der Waals surface area (Å²) >= 11 is 6.27. The third-order valence-corrected chi connectivity index (χ3v) is 8.37. The topological polar surface area (TPSA) is 86.8 Å². The maximum absolute atomic E-state index is 14.0. The standard InChI is InChI=1S/C30H36ClN3O4S/c1-20(2)32-30(36)24(6)33(18-25-9-7-8-22(4)16-25)29(35)19-34(28-17-26(31)13-12-23(28)5)39(37,38)27-14-10-21(3)11-15-27/h7-17,20,24H,18-19H2,1-6H3,(H,32,36)/t24-/m0/s1. The first-order valence-corrected chi connectivity index (χ1v) is 14.6. The molecule has 0 aliphatic rings. The fourth-order valence-electron chi connectivity index (χ4n) is 4.20. The van der Waals surface area contributed by atoms with Crippen LogP contribution in [0.2, 0.25) is 5.02 Å². The van der Waals surface area contributed by atoms with Crippen molar-refractivity contribution in [2.24, 2.45) is 0 Å². The van der Waals surface area contributed by atoms with Gasteiger partial charge >= 0.3 is 0 Å². The van der Waals surface area contributed by atoms with E-state index in [1.54, 1.807) is 38.1 Å². The van der Waals surface area contributed by atoms with Gasteiger partial charge in [0.1, 0.15) is 12.6 Å². The monoisotopic (exact) mass is 569 g/mol. The average Bonchev–Trinajstić information content (AvgIpc) is 2.86. The second-order valence-corrected chi connectivity index (χ2v) is 12.4. The number of sulfonamides is 1. The van der Waals surface area contributed by atoms with Crippen LogP contribution in [0.5, 0.6) is 0 Å². The van der Waals surface area contributed by atoms with Crippen molar-refractivity contribution in [2.75, 3.05) is 10.8 Å². The zero-order valence-corrected chi connectivity index (χ0v) is 24.8. The normalized spacial score (nSPS) is 12.2. The minimum absolute atomic E-state index is 0.0520. The van der Waals surface area contributed by atoms with E-state index in [-0.39, 0.29) is 23.4 Å². The Balaban J connectivity index is 2.08. The van der Waals surface area contributed by atoms with Crippen LogP contribution >= 0.6 is 11.6 Å². The van der Waals surface area contributed by atoms with E-state index < -0.39 is 28.5 Å². The Labute approximate surface area is 236 Å². The number of anilines is 1. The van der Waals surface area contributed by atoms with Crippen molar-refractivity contribution < 1.29 is 18.0 Å². The lowest BCUT2D eigenvalue weighted by atomic mass is 10.1. The Morgan fingerprint density at radius 3 is 2.18 bits per heavy atom. The molecule has 0 aliphatic carbocycles. The van der Waals surface area contributed by atoms with Crippen molar-refractivity contribution >= 4 is 39.1 Å². The molecular weight excluding hydrogens is 534 g/mol. The van der Waals surface area contributed by atoms with Crippen molar-refractivity contribution in [2.45, 2.75) is 65.1 Å². The Hall–Kier alpha value is -3.36. The van der Waals surface area contributed by atoms with Crippen LogP contribution in [0.25, 0.3) is 0 Å². The summed E-state index contributed by atoms with van der Waals surface area (Å²) in [5.74, 6) is -0.837. The number of amides is 2. The number of carbonyl (C=O) groups excluding carboxylic acids is 2. The van der Waals surface area contributed by atoms with Gasteiger partial charge < -0.3 is 10.2 Å². The lowest BCUT2D eigenvalue weighted by molar-refractivity contribution is -0.139. The zero-order valence-electron chi connectivity index (χ0n) is 23.2. The van der Waals surface area contributed by atoms with E-state index in [0.29, 0.717) is 16.3 Å². The van der Waals surface area contributed by atoms with Crippen molar-refractivity contribution in [1.82, 2.24) is 10.2 Å². The molecule has 0 heterocycles. The van der Waals surface area contributed by atoms with Gasteiger partial charge in [-0.05, 0) is 76.9 Å². The van der Waals surface area contributed by atoms with Crippen molar-refractivity contribution in [3.05, 3.63) is 94.0 Å². The van der Waals surface area contributed by atoms with Gasteiger partial charge in [0.15, 0.2) is 0 Å². The number of rotatable bonds is 10. The molecule has 0 aromatic heterocycles. The first-order chi connectivity index (χ1) is 18.3. The predicted octanol–water partition coefficient (Wildman–Crippen LogP) is 5.40.